The van der Waals surface area contributed by atoms with Crippen LogP contribution in [0.3, 0.4) is 0 Å². The molecule has 0 saturated carbocycles. The molecule has 1 saturated heterocycles. The second-order valence-electron chi connectivity index (χ2n) is 8.70. The van der Waals surface area contributed by atoms with Gasteiger partial charge in [-0.2, -0.15) is 0 Å². The highest BCUT2D eigenvalue weighted by atomic mass is 32.1. The van der Waals surface area contributed by atoms with Gasteiger partial charge in [-0.1, -0.05) is 6.07 Å². The molecule has 0 unspecified atom stereocenters. The largest absolute Gasteiger partial charge is 0.467 e. The number of furan rings is 1. The molecule has 1 aliphatic heterocycles. The van der Waals surface area contributed by atoms with Crippen LogP contribution < -0.4 is 10.6 Å². The van der Waals surface area contributed by atoms with Crippen molar-refractivity contribution >= 4 is 17.3 Å². The molecule has 0 aromatic carbocycles. The first kappa shape index (κ1) is 19.8. The first-order valence-electron chi connectivity index (χ1n) is 9.50. The smallest absolute Gasteiger partial charge is 0.169 e. The van der Waals surface area contributed by atoms with Gasteiger partial charge in [-0.05, 0) is 77.0 Å². The fourth-order valence-electron chi connectivity index (χ4n) is 4.17. The maximum Gasteiger partial charge on any atom is 0.169 e. The lowest BCUT2D eigenvalue weighted by Crippen LogP contribution is -2.62. The Morgan fingerprint density at radius 2 is 1.93 bits per heavy atom. The fourth-order valence-corrected chi connectivity index (χ4v) is 4.46. The molecule has 5 nitrogen and oxygen atoms in total. The molecule has 0 bridgehead atoms. The molecular weight excluding hydrogens is 356 g/mol. The zero-order valence-corrected chi connectivity index (χ0v) is 17.5. The van der Waals surface area contributed by atoms with Crippen LogP contribution in [-0.2, 0) is 13.1 Å². The van der Waals surface area contributed by atoms with Crippen LogP contribution in [0.4, 0.5) is 0 Å². The third kappa shape index (κ3) is 5.78. The zero-order chi connectivity index (χ0) is 19.5. The summed E-state index contributed by atoms with van der Waals surface area (Å²) in [6, 6.07) is 10.2. The summed E-state index contributed by atoms with van der Waals surface area (Å²) in [6.07, 6.45) is 5.56. The maximum atomic E-state index is 5.80. The van der Waals surface area contributed by atoms with Gasteiger partial charge >= 0.3 is 0 Å². The third-order valence-electron chi connectivity index (χ3n) is 4.81. The average molecular weight is 387 g/mol. The quantitative estimate of drug-likeness (QED) is 0.761. The summed E-state index contributed by atoms with van der Waals surface area (Å²) in [4.78, 5) is 6.58. The van der Waals surface area contributed by atoms with Crippen LogP contribution in [0.15, 0.2) is 47.2 Å². The Morgan fingerprint density at radius 3 is 2.52 bits per heavy atom. The highest BCUT2D eigenvalue weighted by Crippen LogP contribution is 2.28. The summed E-state index contributed by atoms with van der Waals surface area (Å²) in [5, 5.41) is 8.08. The first-order chi connectivity index (χ1) is 12.7. The van der Waals surface area contributed by atoms with Gasteiger partial charge in [0.05, 0.1) is 25.0 Å². The van der Waals surface area contributed by atoms with Gasteiger partial charge in [0.2, 0.25) is 0 Å². The van der Waals surface area contributed by atoms with Crippen molar-refractivity contribution in [2.45, 2.75) is 70.7 Å². The van der Waals surface area contributed by atoms with E-state index in [1.807, 2.05) is 36.5 Å². The van der Waals surface area contributed by atoms with Gasteiger partial charge < -0.3 is 20.0 Å². The van der Waals surface area contributed by atoms with Crippen LogP contribution in [-0.4, -0.2) is 32.1 Å². The Bertz CT molecular complexity index is 727. The predicted octanol–water partition coefficient (Wildman–Crippen LogP) is 3.86. The van der Waals surface area contributed by atoms with Crippen molar-refractivity contribution in [1.29, 1.82) is 0 Å². The SMILES string of the molecule is CC1(C)CC(NC(=S)N(Cc2ccccn2)Cc2ccco2)CC(C)(C)N1. The minimum Gasteiger partial charge on any atom is -0.467 e. The Balaban J connectivity index is 1.72. The zero-order valence-electron chi connectivity index (χ0n) is 16.7. The second-order valence-corrected chi connectivity index (χ2v) is 9.09. The molecule has 3 heterocycles. The molecule has 146 valence electrons. The first-order valence-corrected chi connectivity index (χ1v) is 9.90. The van der Waals surface area contributed by atoms with Crippen LogP contribution in [0, 0.1) is 0 Å². The molecule has 0 aliphatic carbocycles. The van der Waals surface area contributed by atoms with Gasteiger partial charge in [-0.25, -0.2) is 0 Å². The number of nitrogens with zero attached hydrogens (tertiary/aromatic N) is 2. The molecule has 0 atom stereocenters. The molecule has 1 fully saturated rings. The molecule has 2 N–H and O–H groups in total. The van der Waals surface area contributed by atoms with E-state index in [1.165, 1.54) is 0 Å². The number of pyridine rings is 1. The number of hydrogen-bond donors (Lipinski definition) is 2. The highest BCUT2D eigenvalue weighted by Gasteiger charge is 2.38. The summed E-state index contributed by atoms with van der Waals surface area (Å²) >= 11 is 5.80. The molecular formula is C21H30N4OS. The van der Waals surface area contributed by atoms with Crippen molar-refractivity contribution in [2.24, 2.45) is 0 Å². The van der Waals surface area contributed by atoms with Gasteiger partial charge in [-0.3, -0.25) is 4.98 Å². The van der Waals surface area contributed by atoms with E-state index in [0.717, 1.165) is 29.4 Å². The molecule has 3 rings (SSSR count). The Hall–Kier alpha value is -1.92. The number of nitrogens with one attached hydrogen (secondary N) is 2. The molecule has 2 aromatic rings. The van der Waals surface area contributed by atoms with Crippen LogP contribution in [0.5, 0.6) is 0 Å². The van der Waals surface area contributed by atoms with E-state index in [0.29, 0.717) is 19.1 Å². The van der Waals surface area contributed by atoms with Crippen molar-refractivity contribution < 1.29 is 4.42 Å². The van der Waals surface area contributed by atoms with E-state index in [-0.39, 0.29) is 11.1 Å². The summed E-state index contributed by atoms with van der Waals surface area (Å²) < 4.78 is 5.55. The van der Waals surface area contributed by atoms with Gasteiger partial charge in [-0.15, -0.1) is 0 Å². The molecule has 0 radical (unpaired) electrons. The summed E-state index contributed by atoms with van der Waals surface area (Å²) in [7, 11) is 0. The van der Waals surface area contributed by atoms with Crippen molar-refractivity contribution in [3.63, 3.8) is 0 Å². The van der Waals surface area contributed by atoms with Crippen LogP contribution in [0.2, 0.25) is 0 Å². The van der Waals surface area contributed by atoms with E-state index in [2.05, 4.69) is 48.2 Å². The number of rotatable bonds is 5. The van der Waals surface area contributed by atoms with Crippen molar-refractivity contribution in [1.82, 2.24) is 20.5 Å². The Labute approximate surface area is 167 Å². The summed E-state index contributed by atoms with van der Waals surface area (Å²) in [6.45, 7) is 10.3. The summed E-state index contributed by atoms with van der Waals surface area (Å²) in [5.41, 5.74) is 1.13. The molecule has 0 amide bonds. The van der Waals surface area contributed by atoms with Gasteiger partial charge in [0.25, 0.3) is 0 Å². The number of thiocarbonyl (C=S) groups is 1. The molecule has 0 spiro atoms. The minimum atomic E-state index is 0.0713. The van der Waals surface area contributed by atoms with Gasteiger partial charge in [0.15, 0.2) is 5.11 Å². The van der Waals surface area contributed by atoms with Crippen molar-refractivity contribution in [3.8, 4) is 0 Å². The fraction of sp³-hybridized carbons (Fsp3) is 0.524. The number of aromatic nitrogens is 1. The van der Waals surface area contributed by atoms with E-state index in [1.54, 1.807) is 6.26 Å². The lowest BCUT2D eigenvalue weighted by molar-refractivity contribution is 0.153. The molecule has 1 aliphatic rings. The van der Waals surface area contributed by atoms with E-state index >= 15 is 0 Å². The monoisotopic (exact) mass is 386 g/mol. The molecule has 2 aromatic heterocycles. The van der Waals surface area contributed by atoms with Gasteiger partial charge in [0, 0.05) is 23.3 Å². The third-order valence-corrected chi connectivity index (χ3v) is 5.19. The van der Waals surface area contributed by atoms with Crippen molar-refractivity contribution in [3.05, 3.63) is 54.2 Å². The topological polar surface area (TPSA) is 53.3 Å². The highest BCUT2D eigenvalue weighted by molar-refractivity contribution is 7.80. The second kappa shape index (κ2) is 7.98. The average Bonchev–Trinajstić information content (AvgIpc) is 3.05. The lowest BCUT2D eigenvalue weighted by Gasteiger charge is -2.47. The van der Waals surface area contributed by atoms with Crippen LogP contribution in [0.25, 0.3) is 0 Å². The Kier molecular flexibility index (Phi) is 5.86. The predicted molar refractivity (Wildman–Crippen MR) is 112 cm³/mol. The van der Waals surface area contributed by atoms with Crippen LogP contribution in [0.1, 0.15) is 52.0 Å². The minimum absolute atomic E-state index is 0.0713. The van der Waals surface area contributed by atoms with Crippen molar-refractivity contribution in [2.75, 3.05) is 0 Å². The molecule has 27 heavy (non-hydrogen) atoms. The van der Waals surface area contributed by atoms with E-state index in [4.69, 9.17) is 16.6 Å². The van der Waals surface area contributed by atoms with Gasteiger partial charge in [0.1, 0.15) is 5.76 Å². The van der Waals surface area contributed by atoms with E-state index < -0.39 is 0 Å². The normalized spacial score (nSPS) is 18.8. The maximum absolute atomic E-state index is 5.80. The Morgan fingerprint density at radius 1 is 1.19 bits per heavy atom. The lowest BCUT2D eigenvalue weighted by atomic mass is 9.80. The van der Waals surface area contributed by atoms with E-state index in [9.17, 15) is 0 Å². The number of piperidine rings is 1. The summed E-state index contributed by atoms with van der Waals surface area (Å²) in [5.74, 6) is 0.890. The molecule has 6 heteroatoms. The standard InChI is InChI=1S/C21H30N4OS/c1-20(2)12-17(13-21(3,4)24-20)23-19(27)25(15-18-9-7-11-26-18)14-16-8-5-6-10-22-16/h5-11,17,24H,12-15H2,1-4H3,(H,23,27). The van der Waals surface area contributed by atoms with Crippen LogP contribution >= 0.6 is 12.2 Å². The number of hydrogen-bond acceptors (Lipinski definition) is 4.